The van der Waals surface area contributed by atoms with Crippen molar-refractivity contribution in [2.75, 3.05) is 11.8 Å². The SMILES string of the molecule is CCc1cc(C(=O)CCl)c(O)c(-c2ccc(O)c(C(=O)CCl)c2)c1. The van der Waals surface area contributed by atoms with E-state index in [-0.39, 0.29) is 40.2 Å². The number of hydrogen-bond donors (Lipinski definition) is 2. The highest BCUT2D eigenvalue weighted by molar-refractivity contribution is 6.31. The molecule has 126 valence electrons. The van der Waals surface area contributed by atoms with Crippen LogP contribution in [0.3, 0.4) is 0 Å². The van der Waals surface area contributed by atoms with E-state index in [0.717, 1.165) is 5.56 Å². The third-order valence-corrected chi connectivity index (χ3v) is 4.21. The van der Waals surface area contributed by atoms with Gasteiger partial charge in [-0.1, -0.05) is 13.0 Å². The first-order valence-corrected chi connectivity index (χ1v) is 8.37. The molecule has 0 amide bonds. The van der Waals surface area contributed by atoms with Crippen molar-refractivity contribution in [3.63, 3.8) is 0 Å². The van der Waals surface area contributed by atoms with Crippen molar-refractivity contribution in [3.05, 3.63) is 47.0 Å². The fourth-order valence-electron chi connectivity index (χ4n) is 2.40. The molecule has 6 heteroatoms. The Morgan fingerprint density at radius 3 is 2.17 bits per heavy atom. The molecule has 0 saturated carbocycles. The van der Waals surface area contributed by atoms with Gasteiger partial charge in [0.15, 0.2) is 11.6 Å². The van der Waals surface area contributed by atoms with Crippen LogP contribution < -0.4 is 0 Å². The molecule has 0 radical (unpaired) electrons. The molecular weight excluding hydrogens is 351 g/mol. The lowest BCUT2D eigenvalue weighted by Crippen LogP contribution is -2.04. The number of Topliss-reactive ketones (excluding diaryl/α,β-unsaturated/α-hetero) is 2. The summed E-state index contributed by atoms with van der Waals surface area (Å²) < 4.78 is 0. The van der Waals surface area contributed by atoms with E-state index in [1.54, 1.807) is 18.2 Å². The number of benzene rings is 2. The van der Waals surface area contributed by atoms with Crippen LogP contribution in [0.1, 0.15) is 33.2 Å². The zero-order valence-corrected chi connectivity index (χ0v) is 14.5. The maximum Gasteiger partial charge on any atom is 0.181 e. The Balaban J connectivity index is 2.68. The topological polar surface area (TPSA) is 74.6 Å². The number of phenolic OH excluding ortho intramolecular Hbond substituents is 2. The van der Waals surface area contributed by atoms with E-state index in [9.17, 15) is 19.8 Å². The zero-order chi connectivity index (χ0) is 17.9. The van der Waals surface area contributed by atoms with Crippen molar-refractivity contribution in [1.82, 2.24) is 0 Å². The molecule has 0 aliphatic heterocycles. The highest BCUT2D eigenvalue weighted by Crippen LogP contribution is 2.36. The molecular formula is C18H16Cl2O4. The Labute approximate surface area is 149 Å². The van der Waals surface area contributed by atoms with E-state index in [4.69, 9.17) is 23.2 Å². The van der Waals surface area contributed by atoms with Gasteiger partial charge in [0, 0.05) is 5.56 Å². The second-order valence-corrected chi connectivity index (χ2v) is 5.77. The van der Waals surface area contributed by atoms with Crippen molar-refractivity contribution in [2.24, 2.45) is 0 Å². The number of phenols is 2. The molecule has 0 bridgehead atoms. The lowest BCUT2D eigenvalue weighted by Gasteiger charge is -2.13. The minimum absolute atomic E-state index is 0.0639. The zero-order valence-electron chi connectivity index (χ0n) is 13.0. The van der Waals surface area contributed by atoms with Gasteiger partial charge in [-0.05, 0) is 41.8 Å². The van der Waals surface area contributed by atoms with E-state index < -0.39 is 5.78 Å². The molecule has 0 aliphatic rings. The average Bonchev–Trinajstić information content (AvgIpc) is 2.61. The number of carbonyl (C=O) groups excluding carboxylic acids is 2. The Kier molecular flexibility index (Phi) is 5.86. The van der Waals surface area contributed by atoms with Gasteiger partial charge in [-0.25, -0.2) is 0 Å². The summed E-state index contributed by atoms with van der Waals surface area (Å²) in [7, 11) is 0. The molecule has 24 heavy (non-hydrogen) atoms. The lowest BCUT2D eigenvalue weighted by atomic mass is 9.94. The fourth-order valence-corrected chi connectivity index (χ4v) is 2.69. The summed E-state index contributed by atoms with van der Waals surface area (Å²) in [6, 6.07) is 7.71. The minimum Gasteiger partial charge on any atom is -0.507 e. The minimum atomic E-state index is -0.431. The number of aryl methyl sites for hydroxylation is 1. The van der Waals surface area contributed by atoms with E-state index in [0.29, 0.717) is 17.5 Å². The average molecular weight is 367 g/mol. The fraction of sp³-hybridized carbons (Fsp3) is 0.222. The number of aromatic hydroxyl groups is 2. The smallest absolute Gasteiger partial charge is 0.181 e. The van der Waals surface area contributed by atoms with Gasteiger partial charge in [-0.2, -0.15) is 0 Å². The highest BCUT2D eigenvalue weighted by Gasteiger charge is 2.18. The van der Waals surface area contributed by atoms with E-state index >= 15 is 0 Å². The normalized spacial score (nSPS) is 10.6. The van der Waals surface area contributed by atoms with Crippen LogP contribution in [0.2, 0.25) is 0 Å². The van der Waals surface area contributed by atoms with Gasteiger partial charge in [-0.3, -0.25) is 9.59 Å². The van der Waals surface area contributed by atoms with E-state index in [1.165, 1.54) is 12.1 Å². The molecule has 2 rings (SSSR count). The molecule has 0 aliphatic carbocycles. The Morgan fingerprint density at radius 2 is 1.58 bits per heavy atom. The van der Waals surface area contributed by atoms with Crippen molar-refractivity contribution in [2.45, 2.75) is 13.3 Å². The molecule has 0 atom stereocenters. The van der Waals surface area contributed by atoms with Crippen molar-refractivity contribution < 1.29 is 19.8 Å². The number of hydrogen-bond acceptors (Lipinski definition) is 4. The van der Waals surface area contributed by atoms with Crippen molar-refractivity contribution >= 4 is 34.8 Å². The highest BCUT2D eigenvalue weighted by atomic mass is 35.5. The largest absolute Gasteiger partial charge is 0.507 e. The van der Waals surface area contributed by atoms with Crippen molar-refractivity contribution in [3.8, 4) is 22.6 Å². The summed E-state index contributed by atoms with van der Waals surface area (Å²) in [5, 5.41) is 20.3. The maximum absolute atomic E-state index is 12.0. The Hall–Kier alpha value is -2.04. The Morgan fingerprint density at radius 1 is 0.958 bits per heavy atom. The number of halogens is 2. The first kappa shape index (κ1) is 18.3. The summed E-state index contributed by atoms with van der Waals surface area (Å²) >= 11 is 11.2. The molecule has 4 nitrogen and oxygen atoms in total. The molecule has 0 aromatic heterocycles. The number of ketones is 2. The van der Waals surface area contributed by atoms with E-state index in [2.05, 4.69) is 0 Å². The number of rotatable bonds is 6. The third-order valence-electron chi connectivity index (χ3n) is 3.73. The van der Waals surface area contributed by atoms with Gasteiger partial charge in [0.1, 0.15) is 11.5 Å². The monoisotopic (exact) mass is 366 g/mol. The number of alkyl halides is 2. The first-order valence-electron chi connectivity index (χ1n) is 7.30. The van der Waals surface area contributed by atoms with Gasteiger partial charge < -0.3 is 10.2 Å². The van der Waals surface area contributed by atoms with Gasteiger partial charge in [0.2, 0.25) is 0 Å². The Bertz CT molecular complexity index is 800. The van der Waals surface area contributed by atoms with Crippen molar-refractivity contribution in [1.29, 1.82) is 0 Å². The van der Waals surface area contributed by atoms with Crippen LogP contribution in [0.4, 0.5) is 0 Å². The molecule has 0 saturated heterocycles. The predicted octanol–water partition coefficient (Wildman–Crippen LogP) is 4.17. The van der Waals surface area contributed by atoms with Gasteiger partial charge in [0.25, 0.3) is 0 Å². The molecule has 0 heterocycles. The first-order chi connectivity index (χ1) is 11.4. The van der Waals surface area contributed by atoms with Crippen LogP contribution in [-0.2, 0) is 6.42 Å². The second-order valence-electron chi connectivity index (χ2n) is 5.24. The van der Waals surface area contributed by atoms with Gasteiger partial charge in [0.05, 0.1) is 22.9 Å². The molecule has 0 fully saturated rings. The van der Waals surface area contributed by atoms with Gasteiger partial charge in [-0.15, -0.1) is 23.2 Å². The summed E-state index contributed by atoms with van der Waals surface area (Å²) in [6.45, 7) is 1.92. The summed E-state index contributed by atoms with van der Waals surface area (Å²) in [5.74, 6) is -1.72. The summed E-state index contributed by atoms with van der Waals surface area (Å²) in [4.78, 5) is 23.8. The second kappa shape index (κ2) is 7.69. The summed E-state index contributed by atoms with van der Waals surface area (Å²) in [6.07, 6.45) is 0.654. The summed E-state index contributed by atoms with van der Waals surface area (Å²) in [5.41, 5.74) is 1.94. The maximum atomic E-state index is 12.0. The van der Waals surface area contributed by atoms with Crippen LogP contribution in [0, 0.1) is 0 Å². The molecule has 2 aromatic rings. The molecule has 0 spiro atoms. The molecule has 2 N–H and O–H groups in total. The predicted molar refractivity (Wildman–Crippen MR) is 94.7 cm³/mol. The van der Waals surface area contributed by atoms with Crippen LogP contribution >= 0.6 is 23.2 Å². The standard InChI is InChI=1S/C18H16Cl2O4/c1-2-10-5-12(18(24)14(6-10)17(23)9-20)11-3-4-15(21)13(7-11)16(22)8-19/h3-7,21,24H,2,8-9H2,1H3. The quantitative estimate of drug-likeness (QED) is 0.594. The van der Waals surface area contributed by atoms with Crippen LogP contribution in [0.25, 0.3) is 11.1 Å². The number of carbonyl (C=O) groups is 2. The van der Waals surface area contributed by atoms with Crippen LogP contribution in [-0.4, -0.2) is 33.5 Å². The van der Waals surface area contributed by atoms with Gasteiger partial charge >= 0.3 is 0 Å². The van der Waals surface area contributed by atoms with E-state index in [1.807, 2.05) is 6.92 Å². The van der Waals surface area contributed by atoms with Crippen LogP contribution in [0.5, 0.6) is 11.5 Å². The van der Waals surface area contributed by atoms with Crippen LogP contribution in [0.15, 0.2) is 30.3 Å². The molecule has 2 aromatic carbocycles. The third kappa shape index (κ3) is 3.55. The lowest BCUT2D eigenvalue weighted by molar-refractivity contribution is 0.101. The molecule has 0 unspecified atom stereocenters.